The summed E-state index contributed by atoms with van der Waals surface area (Å²) in [5.74, 6) is 0. The first-order valence-corrected chi connectivity index (χ1v) is 9.04. The molecule has 17 heavy (non-hydrogen) atoms. The maximum atomic E-state index is 6.10. The molecule has 0 aliphatic rings. The third-order valence-electron chi connectivity index (χ3n) is 2.57. The lowest BCUT2D eigenvalue weighted by atomic mass is 10.3. The Morgan fingerprint density at radius 1 is 0.824 bits per heavy atom. The van der Waals surface area contributed by atoms with Crippen LogP contribution in [0.1, 0.15) is 53.4 Å². The summed E-state index contributed by atoms with van der Waals surface area (Å²) in [7, 11) is -2.12. The van der Waals surface area contributed by atoms with Crippen LogP contribution in [0.5, 0.6) is 0 Å². The van der Waals surface area contributed by atoms with Gasteiger partial charge in [0.1, 0.15) is 0 Å². The van der Waals surface area contributed by atoms with Crippen molar-refractivity contribution < 1.29 is 4.43 Å². The monoisotopic (exact) mass is 261 g/mol. The van der Waals surface area contributed by atoms with Gasteiger partial charge in [-0.2, -0.15) is 0 Å². The van der Waals surface area contributed by atoms with Crippen molar-refractivity contribution in [3.8, 4) is 0 Å². The highest BCUT2D eigenvalue weighted by Gasteiger charge is 2.34. The fourth-order valence-electron chi connectivity index (χ4n) is 1.65. The molecule has 0 aromatic carbocycles. The van der Waals surface area contributed by atoms with Crippen molar-refractivity contribution >= 4 is 8.80 Å². The molecule has 0 saturated carbocycles. The Bertz CT molecular complexity index is 152. The summed E-state index contributed by atoms with van der Waals surface area (Å²) < 4.78 is 6.10. The Kier molecular flexibility index (Phi) is 11.2. The van der Waals surface area contributed by atoms with Gasteiger partial charge < -0.3 is 4.43 Å². The summed E-state index contributed by atoms with van der Waals surface area (Å²) in [5.41, 5.74) is 0. The van der Waals surface area contributed by atoms with E-state index >= 15 is 0 Å². The standard InChI is InChI=1S/C12H31N3OSi/c1-5-9-11-15-17(13-7-3,14-8-4)16-12-10-6-2/h13-15H,5-12H2,1-4H3. The number of rotatable bonds is 12. The Labute approximate surface area is 108 Å². The van der Waals surface area contributed by atoms with Gasteiger partial charge in [0, 0.05) is 6.61 Å². The van der Waals surface area contributed by atoms with Gasteiger partial charge in [-0.05, 0) is 32.5 Å². The van der Waals surface area contributed by atoms with Crippen LogP contribution in [0.15, 0.2) is 0 Å². The highest BCUT2D eigenvalue weighted by atomic mass is 28.4. The second-order valence-corrected chi connectivity index (χ2v) is 6.94. The van der Waals surface area contributed by atoms with Crippen LogP contribution in [-0.2, 0) is 4.43 Å². The normalized spacial score (nSPS) is 12.0. The summed E-state index contributed by atoms with van der Waals surface area (Å²) in [5, 5.41) is 0. The highest BCUT2D eigenvalue weighted by molar-refractivity contribution is 6.66. The minimum atomic E-state index is -2.12. The molecule has 3 N–H and O–H groups in total. The first-order chi connectivity index (χ1) is 8.24. The van der Waals surface area contributed by atoms with Crippen LogP contribution in [0.3, 0.4) is 0 Å². The van der Waals surface area contributed by atoms with Crippen LogP contribution < -0.4 is 14.9 Å². The topological polar surface area (TPSA) is 45.3 Å². The molecule has 0 heterocycles. The van der Waals surface area contributed by atoms with Crippen molar-refractivity contribution in [2.45, 2.75) is 53.4 Å². The molecule has 0 radical (unpaired) electrons. The van der Waals surface area contributed by atoms with E-state index in [1.54, 1.807) is 0 Å². The van der Waals surface area contributed by atoms with Crippen molar-refractivity contribution in [1.29, 1.82) is 0 Å². The molecule has 0 fully saturated rings. The number of unbranched alkanes of at least 4 members (excludes halogenated alkanes) is 2. The molecule has 0 unspecified atom stereocenters. The van der Waals surface area contributed by atoms with E-state index in [-0.39, 0.29) is 0 Å². The van der Waals surface area contributed by atoms with Gasteiger partial charge >= 0.3 is 8.80 Å². The number of hydrogen-bond acceptors (Lipinski definition) is 4. The molecule has 0 aromatic heterocycles. The fraction of sp³-hybridized carbons (Fsp3) is 1.00. The molecule has 0 atom stereocenters. The second-order valence-electron chi connectivity index (χ2n) is 4.22. The largest absolute Gasteiger partial charge is 0.440 e. The molecule has 4 nitrogen and oxygen atoms in total. The first-order valence-electron chi connectivity index (χ1n) is 7.13. The maximum absolute atomic E-state index is 6.10. The summed E-state index contributed by atoms with van der Waals surface area (Å²) in [6, 6.07) is 0. The van der Waals surface area contributed by atoms with Gasteiger partial charge in [0.25, 0.3) is 0 Å². The molecule has 104 valence electrons. The van der Waals surface area contributed by atoms with Gasteiger partial charge in [-0.1, -0.05) is 40.5 Å². The van der Waals surface area contributed by atoms with E-state index in [1.165, 1.54) is 19.3 Å². The summed E-state index contributed by atoms with van der Waals surface area (Å²) in [6.07, 6.45) is 4.71. The molecule has 5 heteroatoms. The van der Waals surface area contributed by atoms with Crippen LogP contribution in [0.4, 0.5) is 0 Å². The first kappa shape index (κ1) is 17.1. The van der Waals surface area contributed by atoms with Crippen molar-refractivity contribution in [2.24, 2.45) is 0 Å². The molecular formula is C12H31N3OSi. The van der Waals surface area contributed by atoms with Gasteiger partial charge in [-0.25, -0.2) is 0 Å². The Hall–Kier alpha value is 0.0569. The SMILES string of the molecule is CCCCN[Si](NCC)(NCC)OCCCC. The quantitative estimate of drug-likeness (QED) is 0.371. The summed E-state index contributed by atoms with van der Waals surface area (Å²) >= 11 is 0. The maximum Gasteiger partial charge on any atom is 0.440 e. The Morgan fingerprint density at radius 3 is 1.88 bits per heavy atom. The minimum Gasteiger partial charge on any atom is -0.380 e. The van der Waals surface area contributed by atoms with Gasteiger partial charge in [0.05, 0.1) is 0 Å². The smallest absolute Gasteiger partial charge is 0.380 e. The van der Waals surface area contributed by atoms with E-state index in [1.807, 2.05) is 0 Å². The van der Waals surface area contributed by atoms with Gasteiger partial charge in [-0.3, -0.25) is 14.9 Å². The molecule has 0 amide bonds. The molecule has 0 aliphatic heterocycles. The van der Waals surface area contributed by atoms with Crippen molar-refractivity contribution in [1.82, 2.24) is 14.9 Å². The zero-order valence-electron chi connectivity index (χ0n) is 12.1. The average molecular weight is 261 g/mol. The molecule has 0 bridgehead atoms. The molecular weight excluding hydrogens is 230 g/mol. The highest BCUT2D eigenvalue weighted by Crippen LogP contribution is 1.98. The van der Waals surface area contributed by atoms with E-state index in [4.69, 9.17) is 4.43 Å². The zero-order valence-corrected chi connectivity index (χ0v) is 13.1. The third kappa shape index (κ3) is 7.89. The lowest BCUT2D eigenvalue weighted by molar-refractivity contribution is 0.262. The summed E-state index contributed by atoms with van der Waals surface area (Å²) in [4.78, 5) is 10.6. The van der Waals surface area contributed by atoms with Gasteiger partial charge in [0.2, 0.25) is 0 Å². The van der Waals surface area contributed by atoms with Crippen LogP contribution >= 0.6 is 0 Å². The lowest BCUT2D eigenvalue weighted by Crippen LogP contribution is -2.74. The average Bonchev–Trinajstić information content (AvgIpc) is 2.30. The van der Waals surface area contributed by atoms with Crippen molar-refractivity contribution in [3.05, 3.63) is 0 Å². The van der Waals surface area contributed by atoms with Gasteiger partial charge in [0.15, 0.2) is 0 Å². The molecule has 0 rings (SSSR count). The summed E-state index contributed by atoms with van der Waals surface area (Å²) in [6.45, 7) is 12.4. The van der Waals surface area contributed by atoms with E-state index < -0.39 is 8.80 Å². The second kappa shape index (κ2) is 11.2. The predicted octanol–water partition coefficient (Wildman–Crippen LogP) is 1.85. The van der Waals surface area contributed by atoms with Crippen molar-refractivity contribution in [2.75, 3.05) is 26.2 Å². The fourth-order valence-corrected chi connectivity index (χ4v) is 4.31. The van der Waals surface area contributed by atoms with E-state index in [0.29, 0.717) is 0 Å². The molecule has 0 aliphatic carbocycles. The van der Waals surface area contributed by atoms with E-state index in [9.17, 15) is 0 Å². The zero-order chi connectivity index (χ0) is 13.0. The van der Waals surface area contributed by atoms with Crippen molar-refractivity contribution in [3.63, 3.8) is 0 Å². The lowest BCUT2D eigenvalue weighted by Gasteiger charge is -2.32. The minimum absolute atomic E-state index is 0.835. The Morgan fingerprint density at radius 2 is 1.41 bits per heavy atom. The van der Waals surface area contributed by atoms with E-state index in [0.717, 1.165) is 32.7 Å². The van der Waals surface area contributed by atoms with E-state index in [2.05, 4.69) is 42.6 Å². The number of hydrogen-bond donors (Lipinski definition) is 3. The molecule has 0 spiro atoms. The molecule has 0 saturated heterocycles. The molecule has 0 aromatic rings. The Balaban J connectivity index is 4.25. The third-order valence-corrected chi connectivity index (χ3v) is 5.66. The van der Waals surface area contributed by atoms with Crippen LogP contribution in [-0.4, -0.2) is 35.0 Å². The van der Waals surface area contributed by atoms with Crippen LogP contribution in [0.25, 0.3) is 0 Å². The van der Waals surface area contributed by atoms with Crippen LogP contribution in [0, 0.1) is 0 Å². The number of nitrogens with one attached hydrogen (secondary N) is 3. The predicted molar refractivity (Wildman–Crippen MR) is 76.9 cm³/mol. The van der Waals surface area contributed by atoms with Crippen LogP contribution in [0.2, 0.25) is 0 Å². The van der Waals surface area contributed by atoms with Gasteiger partial charge in [-0.15, -0.1) is 0 Å².